The number of aromatic nitrogens is 2. The van der Waals surface area contributed by atoms with Crippen molar-refractivity contribution < 1.29 is 0 Å². The lowest BCUT2D eigenvalue weighted by Gasteiger charge is -2.04. The van der Waals surface area contributed by atoms with Crippen LogP contribution in [0.1, 0.15) is 0 Å². The third-order valence-electron chi connectivity index (χ3n) is 2.61. The fourth-order valence-corrected chi connectivity index (χ4v) is 2.72. The summed E-state index contributed by atoms with van der Waals surface area (Å²) >= 11 is 7.30. The van der Waals surface area contributed by atoms with E-state index in [-0.39, 0.29) is 5.56 Å². The van der Waals surface area contributed by atoms with Gasteiger partial charge >= 0.3 is 0 Å². The smallest absolute Gasteiger partial charge is 0.268 e. The Balaban J connectivity index is 2.10. The number of hydrogen-bond acceptors (Lipinski definition) is 3. The maximum absolute atomic E-state index is 12.3. The Hall–Kier alpha value is -1.78. The van der Waals surface area contributed by atoms with Crippen LogP contribution in [0.3, 0.4) is 0 Å². The van der Waals surface area contributed by atoms with E-state index in [4.69, 9.17) is 11.6 Å². The van der Waals surface area contributed by atoms with Gasteiger partial charge in [-0.25, -0.2) is 4.98 Å². The molecule has 3 nitrogen and oxygen atoms in total. The van der Waals surface area contributed by atoms with Gasteiger partial charge in [-0.05, 0) is 24.3 Å². The van der Waals surface area contributed by atoms with Gasteiger partial charge < -0.3 is 0 Å². The Morgan fingerprint density at radius 1 is 1.11 bits per heavy atom. The van der Waals surface area contributed by atoms with Gasteiger partial charge in [0.2, 0.25) is 0 Å². The average Bonchev–Trinajstić information content (AvgIpc) is 2.44. The number of hydrogen-bond donors (Lipinski definition) is 0. The zero-order valence-electron chi connectivity index (χ0n) is 9.79. The minimum absolute atomic E-state index is 0.110. The standard InChI is InChI=1S/C14H9ClN2OS/c15-10-6-7-13-16-8-12(14(18)17(13)9-10)19-11-4-2-1-3-5-11/h1-9H. The van der Waals surface area contributed by atoms with E-state index in [1.54, 1.807) is 24.5 Å². The molecule has 19 heavy (non-hydrogen) atoms. The van der Waals surface area contributed by atoms with Crippen molar-refractivity contribution in [2.24, 2.45) is 0 Å². The van der Waals surface area contributed by atoms with Crippen LogP contribution in [0.5, 0.6) is 0 Å². The zero-order chi connectivity index (χ0) is 13.2. The van der Waals surface area contributed by atoms with Crippen LogP contribution in [0.2, 0.25) is 5.02 Å². The summed E-state index contributed by atoms with van der Waals surface area (Å²) in [6, 6.07) is 13.2. The molecule has 0 unspecified atom stereocenters. The highest BCUT2D eigenvalue weighted by molar-refractivity contribution is 7.99. The van der Waals surface area contributed by atoms with E-state index in [2.05, 4.69) is 4.98 Å². The summed E-state index contributed by atoms with van der Waals surface area (Å²) in [6.45, 7) is 0. The second-order valence-corrected chi connectivity index (χ2v) is 5.47. The molecule has 0 atom stereocenters. The Labute approximate surface area is 118 Å². The van der Waals surface area contributed by atoms with E-state index in [1.165, 1.54) is 16.2 Å². The van der Waals surface area contributed by atoms with E-state index in [0.29, 0.717) is 15.6 Å². The third-order valence-corrected chi connectivity index (χ3v) is 3.84. The van der Waals surface area contributed by atoms with E-state index in [1.807, 2.05) is 30.3 Å². The summed E-state index contributed by atoms with van der Waals surface area (Å²) in [5, 5.41) is 0.512. The van der Waals surface area contributed by atoms with Crippen LogP contribution in [0.4, 0.5) is 0 Å². The molecule has 3 aromatic rings. The van der Waals surface area contributed by atoms with Crippen molar-refractivity contribution in [1.82, 2.24) is 9.38 Å². The van der Waals surface area contributed by atoms with Crippen molar-refractivity contribution in [3.05, 3.63) is 70.2 Å². The van der Waals surface area contributed by atoms with Gasteiger partial charge in [0.05, 0.1) is 9.92 Å². The van der Waals surface area contributed by atoms with Crippen molar-refractivity contribution in [2.45, 2.75) is 9.79 Å². The molecule has 3 rings (SSSR count). The van der Waals surface area contributed by atoms with Gasteiger partial charge in [-0.2, -0.15) is 0 Å². The lowest BCUT2D eigenvalue weighted by atomic mass is 10.4. The molecule has 2 heterocycles. The summed E-state index contributed by atoms with van der Waals surface area (Å²) < 4.78 is 1.47. The van der Waals surface area contributed by atoms with E-state index in [0.717, 1.165) is 4.90 Å². The molecule has 0 N–H and O–H groups in total. The fourth-order valence-electron chi connectivity index (χ4n) is 1.72. The second-order valence-electron chi connectivity index (χ2n) is 3.92. The van der Waals surface area contributed by atoms with Crippen LogP contribution in [0.25, 0.3) is 5.65 Å². The maximum atomic E-state index is 12.3. The molecule has 0 amide bonds. The summed E-state index contributed by atoms with van der Waals surface area (Å²) in [7, 11) is 0. The fraction of sp³-hybridized carbons (Fsp3) is 0. The third kappa shape index (κ3) is 2.50. The minimum Gasteiger partial charge on any atom is -0.268 e. The van der Waals surface area contributed by atoms with Gasteiger partial charge in [-0.1, -0.05) is 41.6 Å². The number of fused-ring (bicyclic) bond motifs is 1. The molecular weight excluding hydrogens is 280 g/mol. The predicted octanol–water partition coefficient (Wildman–Crippen LogP) is 3.50. The highest BCUT2D eigenvalue weighted by atomic mass is 35.5. The molecule has 0 aliphatic rings. The molecular formula is C14H9ClN2OS. The number of benzene rings is 1. The number of rotatable bonds is 2. The molecule has 0 radical (unpaired) electrons. The van der Waals surface area contributed by atoms with Gasteiger partial charge in [0.15, 0.2) is 0 Å². The lowest BCUT2D eigenvalue weighted by molar-refractivity contribution is 0.985. The molecule has 0 aliphatic carbocycles. The highest BCUT2D eigenvalue weighted by Crippen LogP contribution is 2.24. The quantitative estimate of drug-likeness (QED) is 0.724. The Morgan fingerprint density at radius 3 is 2.68 bits per heavy atom. The van der Waals surface area contributed by atoms with Gasteiger partial charge in [0.1, 0.15) is 5.65 Å². The monoisotopic (exact) mass is 288 g/mol. The SMILES string of the molecule is O=c1c(Sc2ccccc2)cnc2ccc(Cl)cn12. The van der Waals surface area contributed by atoms with Gasteiger partial charge in [-0.15, -0.1) is 0 Å². The Kier molecular flexibility index (Phi) is 3.27. The van der Waals surface area contributed by atoms with Crippen LogP contribution in [0, 0.1) is 0 Å². The van der Waals surface area contributed by atoms with Crippen LogP contribution >= 0.6 is 23.4 Å². The molecule has 0 saturated heterocycles. The lowest BCUT2D eigenvalue weighted by Crippen LogP contribution is -2.16. The Bertz CT molecular complexity index is 786. The van der Waals surface area contributed by atoms with Crippen molar-refractivity contribution in [3.8, 4) is 0 Å². The minimum atomic E-state index is -0.110. The first-order valence-electron chi connectivity index (χ1n) is 5.64. The van der Waals surface area contributed by atoms with Gasteiger partial charge in [-0.3, -0.25) is 9.20 Å². The number of nitrogens with zero attached hydrogens (tertiary/aromatic N) is 2. The molecule has 0 fully saturated rings. The van der Waals surface area contributed by atoms with E-state index in [9.17, 15) is 4.79 Å². The average molecular weight is 289 g/mol. The molecule has 0 spiro atoms. The van der Waals surface area contributed by atoms with Crippen LogP contribution < -0.4 is 5.56 Å². The number of halogens is 1. The molecule has 1 aromatic carbocycles. The summed E-state index contributed by atoms with van der Waals surface area (Å²) in [4.78, 5) is 18.2. The second kappa shape index (κ2) is 5.07. The topological polar surface area (TPSA) is 34.4 Å². The molecule has 2 aromatic heterocycles. The van der Waals surface area contributed by atoms with Crippen LogP contribution in [0.15, 0.2) is 69.4 Å². The summed E-state index contributed by atoms with van der Waals surface area (Å²) in [5.74, 6) is 0. The van der Waals surface area contributed by atoms with Crippen molar-refractivity contribution >= 4 is 29.0 Å². The van der Waals surface area contributed by atoms with Crippen LogP contribution in [-0.2, 0) is 0 Å². The number of pyridine rings is 1. The van der Waals surface area contributed by atoms with Crippen molar-refractivity contribution in [2.75, 3.05) is 0 Å². The van der Waals surface area contributed by atoms with Crippen molar-refractivity contribution in [1.29, 1.82) is 0 Å². The largest absolute Gasteiger partial charge is 0.271 e. The highest BCUT2D eigenvalue weighted by Gasteiger charge is 2.06. The molecule has 0 saturated carbocycles. The maximum Gasteiger partial charge on any atom is 0.271 e. The predicted molar refractivity (Wildman–Crippen MR) is 77.0 cm³/mol. The molecule has 5 heteroatoms. The zero-order valence-corrected chi connectivity index (χ0v) is 11.4. The van der Waals surface area contributed by atoms with E-state index < -0.39 is 0 Å². The summed E-state index contributed by atoms with van der Waals surface area (Å²) in [5.41, 5.74) is 0.480. The van der Waals surface area contributed by atoms with Crippen molar-refractivity contribution in [3.63, 3.8) is 0 Å². The first-order chi connectivity index (χ1) is 9.24. The molecule has 0 aliphatic heterocycles. The molecule has 0 bridgehead atoms. The van der Waals surface area contributed by atoms with Crippen LogP contribution in [-0.4, -0.2) is 9.38 Å². The first-order valence-corrected chi connectivity index (χ1v) is 6.83. The van der Waals surface area contributed by atoms with Gasteiger partial charge in [0, 0.05) is 17.3 Å². The normalized spacial score (nSPS) is 10.8. The van der Waals surface area contributed by atoms with E-state index >= 15 is 0 Å². The summed E-state index contributed by atoms with van der Waals surface area (Å²) in [6.07, 6.45) is 3.19. The Morgan fingerprint density at radius 2 is 1.89 bits per heavy atom. The van der Waals surface area contributed by atoms with Gasteiger partial charge in [0.25, 0.3) is 5.56 Å². The molecule has 94 valence electrons. The first kappa shape index (κ1) is 12.3.